The van der Waals surface area contributed by atoms with E-state index in [-0.39, 0.29) is 0 Å². The lowest BCUT2D eigenvalue weighted by atomic mass is 10.2. The zero-order valence-corrected chi connectivity index (χ0v) is 12.9. The van der Waals surface area contributed by atoms with Crippen molar-refractivity contribution in [1.29, 1.82) is 0 Å². The predicted octanol–water partition coefficient (Wildman–Crippen LogP) is 4.07. The summed E-state index contributed by atoms with van der Waals surface area (Å²) in [6.45, 7) is 0. The highest BCUT2D eigenvalue weighted by molar-refractivity contribution is 7.80. The van der Waals surface area contributed by atoms with Crippen molar-refractivity contribution in [3.63, 3.8) is 0 Å². The SMILES string of the molecule is O=C(Cl)c1ccc(C(=O)Cl)cc1.SCCCCS. The van der Waals surface area contributed by atoms with E-state index in [4.69, 9.17) is 23.2 Å². The number of hydrogen-bond acceptors (Lipinski definition) is 4. The highest BCUT2D eigenvalue weighted by Gasteiger charge is 2.03. The number of carbonyl (C=O) groups is 2. The van der Waals surface area contributed by atoms with Gasteiger partial charge in [-0.25, -0.2) is 0 Å². The monoisotopic (exact) mass is 324 g/mol. The standard InChI is InChI=1S/C8H4Cl2O2.C4H10S2/c9-7(11)5-1-2-6(4-3-5)8(10)12;5-3-1-2-4-6/h1-4H;5-6H,1-4H2. The average molecular weight is 325 g/mol. The van der Waals surface area contributed by atoms with Crippen LogP contribution in [0.4, 0.5) is 0 Å². The molecule has 0 spiro atoms. The molecule has 0 amide bonds. The fraction of sp³-hybridized carbons (Fsp3) is 0.333. The van der Waals surface area contributed by atoms with Crippen LogP contribution in [0.25, 0.3) is 0 Å². The maximum Gasteiger partial charge on any atom is 0.252 e. The summed E-state index contributed by atoms with van der Waals surface area (Å²) in [7, 11) is 0. The molecule has 100 valence electrons. The second-order valence-corrected chi connectivity index (χ2v) is 4.86. The van der Waals surface area contributed by atoms with Gasteiger partial charge in [-0.1, -0.05) is 0 Å². The quantitative estimate of drug-likeness (QED) is 0.486. The van der Waals surface area contributed by atoms with Crippen LogP contribution in [0.2, 0.25) is 0 Å². The van der Waals surface area contributed by atoms with Crippen LogP contribution in [-0.4, -0.2) is 22.0 Å². The average Bonchev–Trinajstić information content (AvgIpc) is 2.37. The van der Waals surface area contributed by atoms with E-state index < -0.39 is 10.5 Å². The van der Waals surface area contributed by atoms with E-state index in [1.165, 1.54) is 37.1 Å². The van der Waals surface area contributed by atoms with Gasteiger partial charge in [-0.05, 0) is 71.8 Å². The second kappa shape index (κ2) is 10.7. The maximum atomic E-state index is 10.6. The number of unbranched alkanes of at least 4 members (excludes halogenated alkanes) is 1. The third-order valence-electron chi connectivity index (χ3n) is 1.91. The Bertz CT molecular complexity index is 343. The van der Waals surface area contributed by atoms with Crippen molar-refractivity contribution in [2.45, 2.75) is 12.8 Å². The molecule has 2 nitrogen and oxygen atoms in total. The van der Waals surface area contributed by atoms with Gasteiger partial charge < -0.3 is 0 Å². The van der Waals surface area contributed by atoms with Gasteiger partial charge in [-0.2, -0.15) is 25.3 Å². The zero-order chi connectivity index (χ0) is 14.0. The Morgan fingerprint density at radius 3 is 1.28 bits per heavy atom. The molecule has 0 radical (unpaired) electrons. The van der Waals surface area contributed by atoms with Crippen LogP contribution in [0.15, 0.2) is 24.3 Å². The van der Waals surface area contributed by atoms with Crippen molar-refractivity contribution in [1.82, 2.24) is 0 Å². The van der Waals surface area contributed by atoms with Crippen LogP contribution < -0.4 is 0 Å². The van der Waals surface area contributed by atoms with Gasteiger partial charge in [0.25, 0.3) is 10.5 Å². The van der Waals surface area contributed by atoms with Gasteiger partial charge in [0.2, 0.25) is 0 Å². The van der Waals surface area contributed by atoms with Crippen molar-refractivity contribution in [2.75, 3.05) is 11.5 Å². The molecule has 1 aromatic rings. The molecule has 0 fully saturated rings. The van der Waals surface area contributed by atoms with E-state index in [1.807, 2.05) is 0 Å². The lowest BCUT2D eigenvalue weighted by Gasteiger charge is -1.94. The minimum absolute atomic E-state index is 0.346. The first-order valence-electron chi connectivity index (χ1n) is 5.24. The molecule has 0 aromatic heterocycles. The number of carbonyl (C=O) groups excluding carboxylic acids is 2. The van der Waals surface area contributed by atoms with Gasteiger partial charge in [0.1, 0.15) is 0 Å². The highest BCUT2D eigenvalue weighted by atomic mass is 35.5. The number of rotatable bonds is 5. The van der Waals surface area contributed by atoms with Crippen LogP contribution in [0, 0.1) is 0 Å². The summed E-state index contributed by atoms with van der Waals surface area (Å²) in [5.74, 6) is 2.00. The van der Waals surface area contributed by atoms with Crippen molar-refractivity contribution in [2.24, 2.45) is 0 Å². The van der Waals surface area contributed by atoms with Gasteiger partial charge in [-0.15, -0.1) is 0 Å². The van der Waals surface area contributed by atoms with E-state index in [0.717, 1.165) is 11.5 Å². The summed E-state index contributed by atoms with van der Waals surface area (Å²) in [6.07, 6.45) is 2.40. The molecule has 1 aromatic carbocycles. The summed E-state index contributed by atoms with van der Waals surface area (Å²) in [5, 5.41) is -1.10. The van der Waals surface area contributed by atoms with Gasteiger partial charge in [0.05, 0.1) is 0 Å². The molecule has 0 saturated carbocycles. The molecule has 0 N–H and O–H groups in total. The Balaban J connectivity index is 0.000000411. The summed E-state index contributed by atoms with van der Waals surface area (Å²) in [6, 6.07) is 5.80. The van der Waals surface area contributed by atoms with E-state index >= 15 is 0 Å². The highest BCUT2D eigenvalue weighted by Crippen LogP contribution is 2.08. The lowest BCUT2D eigenvalue weighted by Crippen LogP contribution is -1.92. The first-order valence-corrected chi connectivity index (χ1v) is 7.26. The van der Waals surface area contributed by atoms with Crippen LogP contribution in [0.1, 0.15) is 33.6 Å². The van der Waals surface area contributed by atoms with Gasteiger partial charge in [0, 0.05) is 11.1 Å². The number of thiol groups is 2. The largest absolute Gasteiger partial charge is 0.276 e. The molecule has 0 saturated heterocycles. The Kier molecular flexibility index (Phi) is 10.6. The third-order valence-corrected chi connectivity index (χ3v) is 2.97. The van der Waals surface area contributed by atoms with E-state index in [1.54, 1.807) is 0 Å². The Morgan fingerprint density at radius 1 is 0.833 bits per heavy atom. The number of benzene rings is 1. The van der Waals surface area contributed by atoms with Crippen LogP contribution in [-0.2, 0) is 0 Å². The predicted molar refractivity (Wildman–Crippen MR) is 83.7 cm³/mol. The summed E-state index contributed by atoms with van der Waals surface area (Å²) < 4.78 is 0. The molecule has 0 aliphatic rings. The molecule has 18 heavy (non-hydrogen) atoms. The minimum Gasteiger partial charge on any atom is -0.276 e. The second-order valence-electron chi connectivity index (χ2n) is 3.28. The third kappa shape index (κ3) is 8.03. The van der Waals surface area contributed by atoms with Crippen molar-refractivity contribution in [3.8, 4) is 0 Å². The van der Waals surface area contributed by atoms with E-state index in [0.29, 0.717) is 11.1 Å². The van der Waals surface area contributed by atoms with Gasteiger partial charge in [0.15, 0.2) is 0 Å². The Morgan fingerprint density at radius 2 is 1.11 bits per heavy atom. The summed E-state index contributed by atoms with van der Waals surface area (Å²) in [5.41, 5.74) is 0.691. The normalized spacial score (nSPS) is 9.33. The minimum atomic E-state index is -0.552. The Hall–Kier alpha value is -0.160. The van der Waals surface area contributed by atoms with Crippen molar-refractivity contribution < 1.29 is 9.59 Å². The zero-order valence-electron chi connectivity index (χ0n) is 9.60. The molecular formula is C12H14Cl2O2S2. The van der Waals surface area contributed by atoms with Crippen LogP contribution in [0.3, 0.4) is 0 Å². The molecule has 0 aliphatic heterocycles. The molecule has 0 heterocycles. The summed E-state index contributed by atoms with van der Waals surface area (Å²) >= 11 is 18.4. The topological polar surface area (TPSA) is 34.1 Å². The molecule has 0 bridgehead atoms. The van der Waals surface area contributed by atoms with Gasteiger partial charge in [-0.3, -0.25) is 9.59 Å². The lowest BCUT2D eigenvalue weighted by molar-refractivity contribution is 0.107. The first-order chi connectivity index (χ1) is 8.52. The van der Waals surface area contributed by atoms with Crippen LogP contribution in [0.5, 0.6) is 0 Å². The fourth-order valence-corrected chi connectivity index (χ4v) is 1.66. The molecular weight excluding hydrogens is 311 g/mol. The molecule has 1 rings (SSSR count). The van der Waals surface area contributed by atoms with E-state index in [2.05, 4.69) is 25.3 Å². The molecule has 0 atom stereocenters. The van der Waals surface area contributed by atoms with Crippen molar-refractivity contribution >= 4 is 58.9 Å². The van der Waals surface area contributed by atoms with Gasteiger partial charge >= 0.3 is 0 Å². The molecule has 6 heteroatoms. The first kappa shape index (κ1) is 17.8. The molecule has 0 unspecified atom stereocenters. The number of hydrogen-bond donors (Lipinski definition) is 2. The van der Waals surface area contributed by atoms with E-state index in [9.17, 15) is 9.59 Å². The van der Waals surface area contributed by atoms with Crippen LogP contribution >= 0.6 is 48.5 Å². The maximum absolute atomic E-state index is 10.6. The smallest absolute Gasteiger partial charge is 0.252 e. The van der Waals surface area contributed by atoms with Crippen molar-refractivity contribution in [3.05, 3.63) is 35.4 Å². The number of halogens is 2. The molecule has 0 aliphatic carbocycles. The fourth-order valence-electron chi connectivity index (χ4n) is 0.956. The Labute approximate surface area is 128 Å². The summed E-state index contributed by atoms with van der Waals surface area (Å²) in [4.78, 5) is 21.1.